The summed E-state index contributed by atoms with van der Waals surface area (Å²) in [6.07, 6.45) is 28.6. The minimum atomic E-state index is -1.03. The molecule has 0 radical (unpaired) electrons. The maximum atomic E-state index is 15.6. The van der Waals surface area contributed by atoms with E-state index < -0.39 is 17.8 Å². The van der Waals surface area contributed by atoms with Gasteiger partial charge in [0.2, 0.25) is 0 Å². The maximum Gasteiger partial charge on any atom is 0.166 e. The molecule has 1 unspecified atom stereocenters. The lowest BCUT2D eigenvalue weighted by molar-refractivity contribution is 0.149. The van der Waals surface area contributed by atoms with E-state index in [4.69, 9.17) is 0 Å². The fourth-order valence-corrected chi connectivity index (χ4v) is 8.83. The van der Waals surface area contributed by atoms with Gasteiger partial charge in [0.1, 0.15) is 6.17 Å². The molecular formula is C44H59F3. The molecule has 0 spiro atoms. The Morgan fingerprint density at radius 1 is 0.702 bits per heavy atom. The number of benzene rings is 2. The van der Waals surface area contributed by atoms with Crippen molar-refractivity contribution < 1.29 is 13.2 Å². The van der Waals surface area contributed by atoms with Crippen LogP contribution in [-0.2, 0) is 6.42 Å². The molecule has 0 N–H and O–H groups in total. The van der Waals surface area contributed by atoms with Crippen LogP contribution in [0.25, 0.3) is 16.7 Å². The Labute approximate surface area is 284 Å². The number of allylic oxidation sites excluding steroid dienone is 5. The standard InChI is InChI=1S/C44H59F3/c1-3-5-7-8-9-10-11-12-14-38-27-30-41(44(47)43(38)46)37-25-23-36(24-26-37)40-29-28-39(31-42(40)45)35-21-19-34(20-22-35)33-17-15-32(16-18-33)13-6-4-2/h4,23-30,32-35,42H,2-3,5-22,31H2,1H3. The van der Waals surface area contributed by atoms with E-state index in [0.717, 1.165) is 49.0 Å². The highest BCUT2D eigenvalue weighted by Gasteiger charge is 2.33. The van der Waals surface area contributed by atoms with Crippen LogP contribution in [0.1, 0.15) is 140 Å². The maximum absolute atomic E-state index is 15.6. The Morgan fingerprint density at radius 3 is 1.96 bits per heavy atom. The third-order valence-electron chi connectivity index (χ3n) is 11.9. The predicted molar refractivity (Wildman–Crippen MR) is 194 cm³/mol. The van der Waals surface area contributed by atoms with Crippen LogP contribution in [0.15, 0.2) is 66.8 Å². The smallest absolute Gasteiger partial charge is 0.166 e. The summed E-state index contributed by atoms with van der Waals surface area (Å²) in [5, 5.41) is 0. The molecular weight excluding hydrogens is 585 g/mol. The van der Waals surface area contributed by atoms with Crippen LogP contribution in [0.2, 0.25) is 0 Å². The van der Waals surface area contributed by atoms with Gasteiger partial charge in [0.15, 0.2) is 11.6 Å². The van der Waals surface area contributed by atoms with Crippen molar-refractivity contribution in [1.29, 1.82) is 0 Å². The van der Waals surface area contributed by atoms with Crippen LogP contribution in [0.5, 0.6) is 0 Å². The van der Waals surface area contributed by atoms with Crippen molar-refractivity contribution in [2.75, 3.05) is 0 Å². The third-order valence-corrected chi connectivity index (χ3v) is 11.9. The third kappa shape index (κ3) is 9.76. The van der Waals surface area contributed by atoms with Crippen LogP contribution in [0.3, 0.4) is 0 Å². The molecule has 0 heterocycles. The first kappa shape index (κ1) is 35.7. The fourth-order valence-electron chi connectivity index (χ4n) is 8.83. The highest BCUT2D eigenvalue weighted by Crippen LogP contribution is 2.45. The number of rotatable bonds is 16. The molecule has 3 aliphatic rings. The van der Waals surface area contributed by atoms with Gasteiger partial charge >= 0.3 is 0 Å². The monoisotopic (exact) mass is 644 g/mol. The number of unbranched alkanes of at least 4 members (excludes halogenated alkanes) is 7. The van der Waals surface area contributed by atoms with E-state index in [2.05, 4.69) is 25.7 Å². The van der Waals surface area contributed by atoms with Crippen molar-refractivity contribution in [2.45, 2.75) is 142 Å². The van der Waals surface area contributed by atoms with Gasteiger partial charge < -0.3 is 0 Å². The van der Waals surface area contributed by atoms with Crippen LogP contribution < -0.4 is 0 Å². The van der Waals surface area contributed by atoms with Crippen LogP contribution in [-0.4, -0.2) is 6.17 Å². The highest BCUT2D eigenvalue weighted by molar-refractivity contribution is 5.75. The second-order valence-electron chi connectivity index (χ2n) is 15.0. The van der Waals surface area contributed by atoms with Crippen molar-refractivity contribution in [3.05, 3.63) is 89.5 Å². The summed E-state index contributed by atoms with van der Waals surface area (Å²) in [5.41, 5.74) is 4.12. The largest absolute Gasteiger partial charge is 0.242 e. The van der Waals surface area contributed by atoms with Crippen LogP contribution in [0, 0.1) is 35.3 Å². The molecule has 2 aromatic rings. The molecule has 47 heavy (non-hydrogen) atoms. The molecule has 256 valence electrons. The van der Waals surface area contributed by atoms with Crippen LogP contribution >= 0.6 is 0 Å². The Morgan fingerprint density at radius 2 is 1.32 bits per heavy atom. The summed E-state index contributed by atoms with van der Waals surface area (Å²) in [4.78, 5) is 0. The van der Waals surface area contributed by atoms with Gasteiger partial charge in [-0.25, -0.2) is 13.2 Å². The zero-order chi connectivity index (χ0) is 33.0. The van der Waals surface area contributed by atoms with Gasteiger partial charge in [-0.1, -0.05) is 125 Å². The molecule has 2 fully saturated rings. The summed E-state index contributed by atoms with van der Waals surface area (Å²) >= 11 is 0. The van der Waals surface area contributed by atoms with E-state index in [-0.39, 0.29) is 5.56 Å². The van der Waals surface area contributed by atoms with E-state index in [1.54, 1.807) is 24.3 Å². The Hall–Kier alpha value is -2.55. The van der Waals surface area contributed by atoms with Gasteiger partial charge in [0.05, 0.1) is 0 Å². The summed E-state index contributed by atoms with van der Waals surface area (Å²) in [6, 6.07) is 10.7. The molecule has 5 rings (SSSR count). The average molecular weight is 645 g/mol. The van der Waals surface area contributed by atoms with E-state index in [9.17, 15) is 4.39 Å². The zero-order valence-electron chi connectivity index (χ0n) is 29.1. The van der Waals surface area contributed by atoms with Crippen molar-refractivity contribution in [3.63, 3.8) is 0 Å². The fraction of sp³-hybridized carbons (Fsp3) is 0.591. The molecule has 3 heteroatoms. The Kier molecular flexibility index (Phi) is 13.9. The number of halogens is 3. The Balaban J connectivity index is 1.11. The summed E-state index contributed by atoms with van der Waals surface area (Å²) < 4.78 is 45.8. The van der Waals surface area contributed by atoms with Gasteiger partial charge in [-0.15, -0.1) is 6.58 Å². The second-order valence-corrected chi connectivity index (χ2v) is 15.0. The minimum absolute atomic E-state index is 0.265. The molecule has 0 bridgehead atoms. The average Bonchev–Trinajstić information content (AvgIpc) is 3.11. The number of aryl methyl sites for hydroxylation is 1. The van der Waals surface area contributed by atoms with E-state index in [0.29, 0.717) is 35.5 Å². The summed E-state index contributed by atoms with van der Waals surface area (Å²) in [5.74, 6) is 1.63. The van der Waals surface area contributed by atoms with E-state index in [1.807, 2.05) is 18.2 Å². The minimum Gasteiger partial charge on any atom is -0.242 e. The number of hydrogen-bond acceptors (Lipinski definition) is 0. The van der Waals surface area contributed by atoms with Gasteiger partial charge in [-0.3, -0.25) is 0 Å². The van der Waals surface area contributed by atoms with Gasteiger partial charge in [0.25, 0.3) is 0 Å². The lowest BCUT2D eigenvalue weighted by Crippen LogP contribution is -2.27. The summed E-state index contributed by atoms with van der Waals surface area (Å²) in [6.45, 7) is 6.11. The van der Waals surface area contributed by atoms with Gasteiger partial charge in [-0.05, 0) is 110 Å². The van der Waals surface area contributed by atoms with Crippen molar-refractivity contribution in [2.24, 2.45) is 23.7 Å². The number of hydrogen-bond donors (Lipinski definition) is 0. The molecule has 0 nitrogen and oxygen atoms in total. The highest BCUT2D eigenvalue weighted by atomic mass is 19.2. The lowest BCUT2D eigenvalue weighted by atomic mass is 9.67. The number of alkyl halides is 1. The summed E-state index contributed by atoms with van der Waals surface area (Å²) in [7, 11) is 0. The van der Waals surface area contributed by atoms with Crippen molar-refractivity contribution in [3.8, 4) is 11.1 Å². The molecule has 0 amide bonds. The molecule has 2 saturated carbocycles. The van der Waals surface area contributed by atoms with Gasteiger partial charge in [-0.2, -0.15) is 0 Å². The molecule has 3 aliphatic carbocycles. The molecule has 0 aliphatic heterocycles. The predicted octanol–water partition coefficient (Wildman–Crippen LogP) is 13.9. The van der Waals surface area contributed by atoms with Gasteiger partial charge in [0, 0.05) is 12.0 Å². The van der Waals surface area contributed by atoms with Crippen molar-refractivity contribution in [1.82, 2.24) is 0 Å². The zero-order valence-corrected chi connectivity index (χ0v) is 29.1. The Bertz CT molecular complexity index is 1320. The quantitative estimate of drug-likeness (QED) is 0.126. The first-order valence-corrected chi connectivity index (χ1v) is 19.2. The molecule has 0 saturated heterocycles. The second kappa shape index (κ2) is 18.3. The lowest BCUT2D eigenvalue weighted by Gasteiger charge is -2.39. The topological polar surface area (TPSA) is 0 Å². The first-order chi connectivity index (χ1) is 23.0. The van der Waals surface area contributed by atoms with E-state index >= 15 is 8.78 Å². The SMILES string of the molecule is C=CCCC1CCC(C2CCC(C3=CC=C(c4ccc(-c5ccc(CCCCCCCCCC)c(F)c5F)cc4)C(F)C3)CC2)CC1. The van der Waals surface area contributed by atoms with Crippen molar-refractivity contribution >= 4 is 5.57 Å². The molecule has 0 aromatic heterocycles. The normalized spacial score (nSPS) is 24.9. The van der Waals surface area contributed by atoms with E-state index in [1.165, 1.54) is 95.5 Å². The molecule has 2 aromatic carbocycles. The first-order valence-electron chi connectivity index (χ1n) is 19.2. The molecule has 1 atom stereocenters. The van der Waals surface area contributed by atoms with Crippen LogP contribution in [0.4, 0.5) is 13.2 Å².